The molecule has 0 aliphatic carbocycles. The van der Waals surface area contributed by atoms with Gasteiger partial charge in [0.05, 0.1) is 6.10 Å². The van der Waals surface area contributed by atoms with Crippen LogP contribution in [-0.2, 0) is 4.74 Å². The lowest BCUT2D eigenvalue weighted by Crippen LogP contribution is -2.46. The average molecular weight is 214 g/mol. The Bertz CT molecular complexity index is 186. The van der Waals surface area contributed by atoms with Crippen molar-refractivity contribution in [2.45, 2.75) is 51.8 Å². The van der Waals surface area contributed by atoms with Gasteiger partial charge < -0.3 is 10.5 Å². The Kier molecular flexibility index (Phi) is 5.03. The number of nitrogens with zero attached hydrogens (tertiary/aromatic N) is 1. The first kappa shape index (κ1) is 12.9. The highest BCUT2D eigenvalue weighted by molar-refractivity contribution is 4.83. The summed E-state index contributed by atoms with van der Waals surface area (Å²) in [6.07, 6.45) is 2.66. The van der Waals surface area contributed by atoms with Crippen LogP contribution in [0.2, 0.25) is 0 Å². The predicted octanol–water partition coefficient (Wildman–Crippen LogP) is 1.47. The molecule has 0 aromatic heterocycles. The summed E-state index contributed by atoms with van der Waals surface area (Å²) in [6.45, 7) is 8.46. The van der Waals surface area contributed by atoms with E-state index in [4.69, 9.17) is 10.5 Å². The van der Waals surface area contributed by atoms with E-state index < -0.39 is 0 Å². The molecular formula is C12H26N2O. The first-order valence-corrected chi connectivity index (χ1v) is 6.13. The summed E-state index contributed by atoms with van der Waals surface area (Å²) in [5.41, 5.74) is 6.16. The first-order chi connectivity index (χ1) is 7.06. The fourth-order valence-corrected chi connectivity index (χ4v) is 2.25. The van der Waals surface area contributed by atoms with Gasteiger partial charge in [-0.05, 0) is 26.3 Å². The highest BCUT2D eigenvalue weighted by Gasteiger charge is 2.28. The van der Waals surface area contributed by atoms with Crippen LogP contribution < -0.4 is 5.73 Å². The van der Waals surface area contributed by atoms with E-state index in [1.807, 2.05) is 0 Å². The molecule has 0 aromatic carbocycles. The lowest BCUT2D eigenvalue weighted by Gasteiger charge is -2.30. The highest BCUT2D eigenvalue weighted by atomic mass is 16.5. The highest BCUT2D eigenvalue weighted by Crippen LogP contribution is 2.19. The van der Waals surface area contributed by atoms with Crippen molar-refractivity contribution in [2.75, 3.05) is 20.2 Å². The van der Waals surface area contributed by atoms with Crippen molar-refractivity contribution in [2.24, 2.45) is 11.7 Å². The molecule has 0 saturated carbocycles. The number of ether oxygens (including phenoxy) is 1. The number of nitrogens with two attached hydrogens (primary N) is 1. The Hall–Kier alpha value is -0.120. The zero-order valence-electron chi connectivity index (χ0n) is 10.6. The smallest absolute Gasteiger partial charge is 0.0702 e. The van der Waals surface area contributed by atoms with E-state index in [0.29, 0.717) is 18.1 Å². The van der Waals surface area contributed by atoms with Crippen LogP contribution in [0.4, 0.5) is 0 Å². The molecule has 0 amide bonds. The molecule has 1 saturated heterocycles. The summed E-state index contributed by atoms with van der Waals surface area (Å²) in [5, 5.41) is 0. The van der Waals surface area contributed by atoms with E-state index in [0.717, 1.165) is 26.0 Å². The van der Waals surface area contributed by atoms with E-state index in [9.17, 15) is 0 Å². The SMILES string of the molecule is CCC(C)C(N)CN(C)C1CCOC1C. The molecular weight excluding hydrogens is 188 g/mol. The third kappa shape index (κ3) is 3.44. The van der Waals surface area contributed by atoms with Crippen LogP contribution >= 0.6 is 0 Å². The van der Waals surface area contributed by atoms with Crippen LogP contribution in [0.5, 0.6) is 0 Å². The summed E-state index contributed by atoms with van der Waals surface area (Å²) < 4.78 is 5.57. The van der Waals surface area contributed by atoms with Gasteiger partial charge in [-0.25, -0.2) is 0 Å². The Morgan fingerprint density at radius 3 is 2.67 bits per heavy atom. The minimum atomic E-state index is 0.285. The fourth-order valence-electron chi connectivity index (χ4n) is 2.25. The van der Waals surface area contributed by atoms with E-state index in [2.05, 4.69) is 32.7 Å². The van der Waals surface area contributed by atoms with E-state index >= 15 is 0 Å². The Morgan fingerprint density at radius 1 is 1.53 bits per heavy atom. The van der Waals surface area contributed by atoms with Crippen LogP contribution in [0.15, 0.2) is 0 Å². The quantitative estimate of drug-likeness (QED) is 0.753. The van der Waals surface area contributed by atoms with Crippen molar-refractivity contribution in [1.82, 2.24) is 4.90 Å². The molecule has 1 fully saturated rings. The van der Waals surface area contributed by atoms with E-state index in [-0.39, 0.29) is 6.04 Å². The van der Waals surface area contributed by atoms with Crippen molar-refractivity contribution in [1.29, 1.82) is 0 Å². The molecule has 1 heterocycles. The van der Waals surface area contributed by atoms with Crippen LogP contribution in [0.25, 0.3) is 0 Å². The minimum Gasteiger partial charge on any atom is -0.377 e. The second-order valence-corrected chi connectivity index (χ2v) is 4.92. The standard InChI is InChI=1S/C12H26N2O/c1-5-9(2)11(13)8-14(4)12-6-7-15-10(12)3/h9-12H,5-8,13H2,1-4H3. The number of hydrogen-bond donors (Lipinski definition) is 1. The van der Waals surface area contributed by atoms with Gasteiger partial charge in [0.25, 0.3) is 0 Å². The Labute approximate surface area is 94.0 Å². The lowest BCUT2D eigenvalue weighted by atomic mass is 9.98. The van der Waals surface area contributed by atoms with Crippen LogP contribution in [0, 0.1) is 5.92 Å². The zero-order chi connectivity index (χ0) is 11.4. The van der Waals surface area contributed by atoms with Gasteiger partial charge in [0.2, 0.25) is 0 Å². The summed E-state index contributed by atoms with van der Waals surface area (Å²) >= 11 is 0. The molecule has 1 rings (SSSR count). The molecule has 15 heavy (non-hydrogen) atoms. The number of hydrogen-bond acceptors (Lipinski definition) is 3. The van der Waals surface area contributed by atoms with Gasteiger partial charge >= 0.3 is 0 Å². The zero-order valence-corrected chi connectivity index (χ0v) is 10.6. The monoisotopic (exact) mass is 214 g/mol. The number of likely N-dealkylation sites (N-methyl/N-ethyl adjacent to an activating group) is 1. The molecule has 0 bridgehead atoms. The largest absolute Gasteiger partial charge is 0.377 e. The fraction of sp³-hybridized carbons (Fsp3) is 1.00. The molecule has 0 aromatic rings. The van der Waals surface area contributed by atoms with Gasteiger partial charge in [0, 0.05) is 25.2 Å². The summed E-state index contributed by atoms with van der Waals surface area (Å²) in [6, 6.07) is 0.841. The third-order valence-corrected chi connectivity index (χ3v) is 3.78. The molecule has 1 aliphatic rings. The molecule has 2 N–H and O–H groups in total. The van der Waals surface area contributed by atoms with Gasteiger partial charge in [-0.15, -0.1) is 0 Å². The summed E-state index contributed by atoms with van der Waals surface area (Å²) in [4.78, 5) is 2.37. The van der Waals surface area contributed by atoms with E-state index in [1.165, 1.54) is 0 Å². The normalized spacial score (nSPS) is 30.8. The van der Waals surface area contributed by atoms with Crippen molar-refractivity contribution in [3.63, 3.8) is 0 Å². The number of rotatable bonds is 5. The molecule has 90 valence electrons. The summed E-state index contributed by atoms with van der Waals surface area (Å²) in [7, 11) is 2.16. The molecule has 3 nitrogen and oxygen atoms in total. The van der Waals surface area contributed by atoms with Gasteiger partial charge in [-0.3, -0.25) is 4.90 Å². The van der Waals surface area contributed by atoms with Crippen molar-refractivity contribution in [3.8, 4) is 0 Å². The Balaban J connectivity index is 2.37. The van der Waals surface area contributed by atoms with Crippen LogP contribution in [-0.4, -0.2) is 43.3 Å². The lowest BCUT2D eigenvalue weighted by molar-refractivity contribution is 0.0796. The van der Waals surface area contributed by atoms with Gasteiger partial charge in [0.1, 0.15) is 0 Å². The maximum absolute atomic E-state index is 6.16. The minimum absolute atomic E-state index is 0.285. The van der Waals surface area contributed by atoms with Crippen molar-refractivity contribution in [3.05, 3.63) is 0 Å². The molecule has 0 radical (unpaired) electrons. The molecule has 4 atom stereocenters. The predicted molar refractivity (Wildman–Crippen MR) is 63.9 cm³/mol. The maximum Gasteiger partial charge on any atom is 0.0702 e. The summed E-state index contributed by atoms with van der Waals surface area (Å²) in [5.74, 6) is 0.602. The van der Waals surface area contributed by atoms with Gasteiger partial charge in [-0.1, -0.05) is 20.3 Å². The van der Waals surface area contributed by atoms with Crippen molar-refractivity contribution >= 4 is 0 Å². The molecule has 1 aliphatic heterocycles. The van der Waals surface area contributed by atoms with Crippen molar-refractivity contribution < 1.29 is 4.74 Å². The van der Waals surface area contributed by atoms with Gasteiger partial charge in [0.15, 0.2) is 0 Å². The van der Waals surface area contributed by atoms with Crippen LogP contribution in [0.1, 0.15) is 33.6 Å². The second-order valence-electron chi connectivity index (χ2n) is 4.92. The molecule has 0 spiro atoms. The maximum atomic E-state index is 6.16. The molecule has 4 unspecified atom stereocenters. The average Bonchev–Trinajstić information content (AvgIpc) is 2.63. The topological polar surface area (TPSA) is 38.5 Å². The second kappa shape index (κ2) is 5.83. The Morgan fingerprint density at radius 2 is 2.20 bits per heavy atom. The first-order valence-electron chi connectivity index (χ1n) is 6.13. The molecule has 3 heteroatoms. The van der Waals surface area contributed by atoms with E-state index in [1.54, 1.807) is 0 Å². The third-order valence-electron chi connectivity index (χ3n) is 3.78. The van der Waals surface area contributed by atoms with Gasteiger partial charge in [-0.2, -0.15) is 0 Å². The van der Waals surface area contributed by atoms with Crippen LogP contribution in [0.3, 0.4) is 0 Å².